The van der Waals surface area contributed by atoms with E-state index in [1.165, 1.54) is 0 Å². The lowest BCUT2D eigenvalue weighted by molar-refractivity contribution is -0.124. The first-order valence-corrected chi connectivity index (χ1v) is 7.07. The number of amides is 2. The first-order valence-electron chi connectivity index (χ1n) is 6.28. The number of nitrogens with one attached hydrogen (secondary N) is 3. The van der Waals surface area contributed by atoms with Gasteiger partial charge in [0.05, 0.1) is 0 Å². The van der Waals surface area contributed by atoms with Crippen LogP contribution in [0.15, 0.2) is 24.3 Å². The van der Waals surface area contributed by atoms with Crippen LogP contribution in [0.25, 0.3) is 0 Å². The molecular formula is C13H16ClN3O3S. The SMILES string of the molecule is CCCC(=O)NC(=S)NNC(=O)COc1ccc(Cl)cc1. The Morgan fingerprint density at radius 2 is 1.86 bits per heavy atom. The zero-order chi connectivity index (χ0) is 15.7. The van der Waals surface area contributed by atoms with E-state index in [-0.39, 0.29) is 17.6 Å². The Labute approximate surface area is 133 Å². The van der Waals surface area contributed by atoms with Crippen molar-refractivity contribution < 1.29 is 14.3 Å². The molecule has 0 unspecified atom stereocenters. The van der Waals surface area contributed by atoms with E-state index < -0.39 is 5.91 Å². The molecule has 0 fully saturated rings. The van der Waals surface area contributed by atoms with Gasteiger partial charge in [0.15, 0.2) is 11.7 Å². The van der Waals surface area contributed by atoms with E-state index in [9.17, 15) is 9.59 Å². The highest BCUT2D eigenvalue weighted by molar-refractivity contribution is 7.80. The van der Waals surface area contributed by atoms with Crippen LogP contribution in [0.2, 0.25) is 5.02 Å². The molecule has 1 aromatic carbocycles. The maximum atomic E-state index is 11.5. The summed E-state index contributed by atoms with van der Waals surface area (Å²) in [6.45, 7) is 1.69. The number of rotatable bonds is 5. The van der Waals surface area contributed by atoms with E-state index in [1.807, 2.05) is 6.92 Å². The second kappa shape index (κ2) is 9.15. The molecule has 114 valence electrons. The Morgan fingerprint density at radius 1 is 1.19 bits per heavy atom. The first kappa shape index (κ1) is 17.2. The fourth-order valence-electron chi connectivity index (χ4n) is 1.29. The number of carbonyl (C=O) groups is 2. The summed E-state index contributed by atoms with van der Waals surface area (Å²) in [7, 11) is 0. The molecule has 0 bridgehead atoms. The molecule has 0 heterocycles. The number of hydrazine groups is 1. The standard InChI is InChI=1S/C13H16ClN3O3S/c1-2-3-11(18)15-13(21)17-16-12(19)8-20-10-6-4-9(14)5-7-10/h4-7H,2-3,8H2,1H3,(H,16,19)(H2,15,17,18,21). The van der Waals surface area contributed by atoms with Gasteiger partial charge in [0.25, 0.3) is 5.91 Å². The summed E-state index contributed by atoms with van der Waals surface area (Å²) in [5, 5.41) is 3.05. The average molecular weight is 330 g/mol. The number of carbonyl (C=O) groups excluding carboxylic acids is 2. The average Bonchev–Trinajstić information content (AvgIpc) is 2.44. The van der Waals surface area contributed by atoms with Gasteiger partial charge in [-0.15, -0.1) is 0 Å². The van der Waals surface area contributed by atoms with Crippen LogP contribution in [0, 0.1) is 0 Å². The molecular weight excluding hydrogens is 314 g/mol. The van der Waals surface area contributed by atoms with E-state index in [0.717, 1.165) is 6.42 Å². The second-order valence-electron chi connectivity index (χ2n) is 4.04. The Hall–Kier alpha value is -1.86. The quantitative estimate of drug-likeness (QED) is 0.564. The first-order chi connectivity index (χ1) is 10.0. The Morgan fingerprint density at radius 3 is 2.48 bits per heavy atom. The van der Waals surface area contributed by atoms with Crippen LogP contribution in [-0.4, -0.2) is 23.5 Å². The summed E-state index contributed by atoms with van der Waals surface area (Å²) in [6, 6.07) is 6.62. The molecule has 3 N–H and O–H groups in total. The third-order valence-corrected chi connectivity index (χ3v) is 2.69. The lowest BCUT2D eigenvalue weighted by atomic mass is 10.3. The summed E-state index contributed by atoms with van der Waals surface area (Å²) in [6.07, 6.45) is 1.09. The third kappa shape index (κ3) is 7.48. The van der Waals surface area contributed by atoms with Gasteiger partial charge >= 0.3 is 0 Å². The Kier molecular flexibility index (Phi) is 7.49. The van der Waals surface area contributed by atoms with Crippen LogP contribution in [0.1, 0.15) is 19.8 Å². The molecule has 6 nitrogen and oxygen atoms in total. The molecule has 21 heavy (non-hydrogen) atoms. The number of halogens is 1. The van der Waals surface area contributed by atoms with Crippen LogP contribution < -0.4 is 20.9 Å². The molecule has 1 rings (SSSR count). The van der Waals surface area contributed by atoms with Crippen LogP contribution >= 0.6 is 23.8 Å². The predicted molar refractivity (Wildman–Crippen MR) is 83.9 cm³/mol. The molecule has 0 aliphatic heterocycles. The minimum atomic E-state index is -0.433. The highest BCUT2D eigenvalue weighted by Crippen LogP contribution is 2.15. The van der Waals surface area contributed by atoms with Gasteiger partial charge in [-0.2, -0.15) is 0 Å². The molecule has 0 aromatic heterocycles. The zero-order valence-electron chi connectivity index (χ0n) is 11.4. The van der Waals surface area contributed by atoms with Crippen molar-refractivity contribution >= 4 is 40.7 Å². The fourth-order valence-corrected chi connectivity index (χ4v) is 1.58. The molecule has 0 aliphatic rings. The summed E-state index contributed by atoms with van der Waals surface area (Å²) >= 11 is 10.6. The smallest absolute Gasteiger partial charge is 0.276 e. The molecule has 0 saturated heterocycles. The maximum absolute atomic E-state index is 11.5. The minimum Gasteiger partial charge on any atom is -0.484 e. The fraction of sp³-hybridized carbons (Fsp3) is 0.308. The minimum absolute atomic E-state index is 0.0355. The summed E-state index contributed by atoms with van der Waals surface area (Å²) in [5.74, 6) is -0.118. The third-order valence-electron chi connectivity index (χ3n) is 2.23. The van der Waals surface area contributed by atoms with Gasteiger partial charge in [-0.05, 0) is 42.9 Å². The van der Waals surface area contributed by atoms with Gasteiger partial charge in [-0.3, -0.25) is 20.4 Å². The van der Waals surface area contributed by atoms with Crippen molar-refractivity contribution in [2.45, 2.75) is 19.8 Å². The Bertz CT molecular complexity index is 508. The second-order valence-corrected chi connectivity index (χ2v) is 4.89. The van der Waals surface area contributed by atoms with Gasteiger partial charge in [0, 0.05) is 11.4 Å². The topological polar surface area (TPSA) is 79.5 Å². The molecule has 0 saturated carbocycles. The van der Waals surface area contributed by atoms with Gasteiger partial charge in [-0.1, -0.05) is 18.5 Å². The lowest BCUT2D eigenvalue weighted by Gasteiger charge is -2.11. The number of ether oxygens (including phenoxy) is 1. The van der Waals surface area contributed by atoms with Crippen LogP contribution in [-0.2, 0) is 9.59 Å². The highest BCUT2D eigenvalue weighted by Gasteiger charge is 2.06. The maximum Gasteiger partial charge on any atom is 0.276 e. The van der Waals surface area contributed by atoms with Crippen molar-refractivity contribution in [3.8, 4) is 5.75 Å². The van der Waals surface area contributed by atoms with Crippen molar-refractivity contribution in [3.05, 3.63) is 29.3 Å². The summed E-state index contributed by atoms with van der Waals surface area (Å²) in [5.41, 5.74) is 4.73. The van der Waals surface area contributed by atoms with Gasteiger partial charge in [0.1, 0.15) is 5.75 Å². The van der Waals surface area contributed by atoms with Crippen molar-refractivity contribution in [2.75, 3.05) is 6.61 Å². The highest BCUT2D eigenvalue weighted by atomic mass is 35.5. The number of thiocarbonyl (C=S) groups is 1. The van der Waals surface area contributed by atoms with E-state index in [2.05, 4.69) is 16.2 Å². The van der Waals surface area contributed by atoms with Crippen molar-refractivity contribution in [3.63, 3.8) is 0 Å². The van der Waals surface area contributed by atoms with E-state index in [4.69, 9.17) is 28.6 Å². The van der Waals surface area contributed by atoms with Crippen molar-refractivity contribution in [1.82, 2.24) is 16.2 Å². The lowest BCUT2D eigenvalue weighted by Crippen LogP contribution is -2.49. The normalized spacial score (nSPS) is 9.62. The summed E-state index contributed by atoms with van der Waals surface area (Å²) in [4.78, 5) is 22.8. The molecule has 2 amide bonds. The molecule has 0 atom stereocenters. The zero-order valence-corrected chi connectivity index (χ0v) is 13.0. The molecule has 0 radical (unpaired) electrons. The van der Waals surface area contributed by atoms with Crippen molar-refractivity contribution in [2.24, 2.45) is 0 Å². The molecule has 0 spiro atoms. The molecule has 0 aliphatic carbocycles. The van der Waals surface area contributed by atoms with Gasteiger partial charge in [0.2, 0.25) is 5.91 Å². The van der Waals surface area contributed by atoms with E-state index in [1.54, 1.807) is 24.3 Å². The van der Waals surface area contributed by atoms with Gasteiger partial charge < -0.3 is 10.1 Å². The van der Waals surface area contributed by atoms with Crippen LogP contribution in [0.3, 0.4) is 0 Å². The number of hydrogen-bond acceptors (Lipinski definition) is 4. The predicted octanol–water partition coefficient (Wildman–Crippen LogP) is 1.54. The summed E-state index contributed by atoms with van der Waals surface area (Å²) < 4.78 is 5.23. The monoisotopic (exact) mass is 329 g/mol. The number of benzene rings is 1. The van der Waals surface area contributed by atoms with Crippen LogP contribution in [0.4, 0.5) is 0 Å². The molecule has 8 heteroatoms. The molecule has 1 aromatic rings. The number of hydrogen-bond donors (Lipinski definition) is 3. The van der Waals surface area contributed by atoms with E-state index >= 15 is 0 Å². The Balaban J connectivity index is 2.23. The van der Waals surface area contributed by atoms with Gasteiger partial charge in [-0.25, -0.2) is 0 Å². The van der Waals surface area contributed by atoms with Crippen LogP contribution in [0.5, 0.6) is 5.75 Å². The largest absolute Gasteiger partial charge is 0.484 e. The van der Waals surface area contributed by atoms with E-state index in [0.29, 0.717) is 17.2 Å². The van der Waals surface area contributed by atoms with Crippen molar-refractivity contribution in [1.29, 1.82) is 0 Å².